The highest BCUT2D eigenvalue weighted by molar-refractivity contribution is 14.0. The summed E-state index contributed by atoms with van der Waals surface area (Å²) in [6.07, 6.45) is 7.11. The summed E-state index contributed by atoms with van der Waals surface area (Å²) in [7, 11) is 3.62. The lowest BCUT2D eigenvalue weighted by Gasteiger charge is -2.12. The molecule has 0 radical (unpaired) electrons. The Morgan fingerprint density at radius 2 is 2.00 bits per heavy atom. The molecule has 0 fully saturated rings. The molecule has 8 nitrogen and oxygen atoms in total. The van der Waals surface area contributed by atoms with Crippen molar-refractivity contribution in [1.82, 2.24) is 34.9 Å². The van der Waals surface area contributed by atoms with E-state index in [1.54, 1.807) is 24.3 Å². The van der Waals surface area contributed by atoms with Crippen molar-refractivity contribution in [2.45, 2.75) is 19.6 Å². The Morgan fingerprint density at radius 3 is 2.69 bits per heavy atom. The van der Waals surface area contributed by atoms with Crippen molar-refractivity contribution in [3.8, 4) is 0 Å². The number of aryl methyl sites for hydroxylation is 1. The van der Waals surface area contributed by atoms with Crippen LogP contribution >= 0.6 is 24.0 Å². The Hall–Kier alpha value is -2.43. The van der Waals surface area contributed by atoms with E-state index in [1.165, 1.54) is 11.1 Å². The molecule has 3 rings (SSSR count). The van der Waals surface area contributed by atoms with Crippen LogP contribution in [0.2, 0.25) is 0 Å². The number of guanidine groups is 1. The number of aromatic nitrogens is 5. The van der Waals surface area contributed by atoms with Crippen molar-refractivity contribution in [3.63, 3.8) is 0 Å². The van der Waals surface area contributed by atoms with Gasteiger partial charge in [0, 0.05) is 39.6 Å². The quantitative estimate of drug-likeness (QED) is 0.327. The Balaban J connectivity index is 0.00000243. The van der Waals surface area contributed by atoms with E-state index < -0.39 is 0 Å². The molecule has 0 amide bonds. The summed E-state index contributed by atoms with van der Waals surface area (Å²) in [5.74, 6) is 1.58. The number of hydrogen-bond acceptors (Lipinski definition) is 4. The van der Waals surface area contributed by atoms with Crippen LogP contribution in [0.5, 0.6) is 0 Å². The van der Waals surface area contributed by atoms with Gasteiger partial charge < -0.3 is 15.2 Å². The Bertz CT molecular complexity index is 825. The smallest absolute Gasteiger partial charge is 0.191 e. The van der Waals surface area contributed by atoms with Crippen LogP contribution in [-0.2, 0) is 26.7 Å². The lowest BCUT2D eigenvalue weighted by atomic mass is 10.1. The molecule has 1 aromatic carbocycles. The lowest BCUT2D eigenvalue weighted by molar-refractivity contribution is 0.672. The van der Waals surface area contributed by atoms with E-state index in [0.717, 1.165) is 18.3 Å². The zero-order chi connectivity index (χ0) is 17.5. The number of aliphatic imine (C=N–C) groups is 1. The fourth-order valence-corrected chi connectivity index (χ4v) is 2.48. The van der Waals surface area contributed by atoms with Gasteiger partial charge in [-0.3, -0.25) is 9.67 Å². The number of nitrogens with zero attached hydrogens (tertiary/aromatic N) is 6. The third-order valence-corrected chi connectivity index (χ3v) is 3.82. The highest BCUT2D eigenvalue weighted by Gasteiger charge is 2.03. The summed E-state index contributed by atoms with van der Waals surface area (Å²) in [5, 5.41) is 10.6. The summed E-state index contributed by atoms with van der Waals surface area (Å²) in [6.45, 7) is 2.07. The van der Waals surface area contributed by atoms with Gasteiger partial charge in [-0.05, 0) is 11.1 Å². The Morgan fingerprint density at radius 1 is 1.19 bits per heavy atom. The standard InChI is InChI=1S/C17H22N8.HI/c1-18-17(21-10-16-22-12-23-24(16)2)20-9-14-4-3-5-15(8-14)11-25-7-6-19-13-25;/h3-8,12-13H,9-11H2,1-2H3,(H2,18,20,21);1H. The van der Waals surface area contributed by atoms with E-state index in [-0.39, 0.29) is 24.0 Å². The van der Waals surface area contributed by atoms with Crippen LogP contribution in [0.1, 0.15) is 17.0 Å². The van der Waals surface area contributed by atoms with Gasteiger partial charge in [0.15, 0.2) is 5.96 Å². The number of halogens is 1. The zero-order valence-electron chi connectivity index (χ0n) is 14.8. The van der Waals surface area contributed by atoms with Gasteiger partial charge in [-0.15, -0.1) is 24.0 Å². The monoisotopic (exact) mass is 466 g/mol. The van der Waals surface area contributed by atoms with Crippen molar-refractivity contribution < 1.29 is 0 Å². The molecule has 0 atom stereocenters. The van der Waals surface area contributed by atoms with Crippen molar-refractivity contribution in [2.75, 3.05) is 7.05 Å². The first kappa shape index (κ1) is 19.9. The molecule has 138 valence electrons. The number of imidazole rings is 1. The topological polar surface area (TPSA) is 84.9 Å². The summed E-state index contributed by atoms with van der Waals surface area (Å²) in [6, 6.07) is 8.47. The van der Waals surface area contributed by atoms with E-state index in [2.05, 4.69) is 55.0 Å². The molecule has 2 heterocycles. The first-order valence-electron chi connectivity index (χ1n) is 8.05. The van der Waals surface area contributed by atoms with Crippen molar-refractivity contribution >= 4 is 29.9 Å². The minimum absolute atomic E-state index is 0. The maximum Gasteiger partial charge on any atom is 0.191 e. The fraction of sp³-hybridized carbons (Fsp3) is 0.294. The molecule has 0 aliphatic carbocycles. The fourth-order valence-electron chi connectivity index (χ4n) is 2.48. The number of rotatable bonds is 6. The first-order valence-corrected chi connectivity index (χ1v) is 8.05. The molecular formula is C17H23IN8. The van der Waals surface area contributed by atoms with Gasteiger partial charge in [0.05, 0.1) is 12.9 Å². The van der Waals surface area contributed by atoms with Crippen LogP contribution in [0.25, 0.3) is 0 Å². The highest BCUT2D eigenvalue weighted by Crippen LogP contribution is 2.07. The van der Waals surface area contributed by atoms with Gasteiger partial charge in [0.2, 0.25) is 0 Å². The van der Waals surface area contributed by atoms with E-state index in [1.807, 2.05) is 24.1 Å². The van der Waals surface area contributed by atoms with Gasteiger partial charge in [-0.2, -0.15) is 5.10 Å². The minimum atomic E-state index is 0. The van der Waals surface area contributed by atoms with Crippen LogP contribution < -0.4 is 10.6 Å². The van der Waals surface area contributed by atoms with Crippen molar-refractivity contribution in [1.29, 1.82) is 0 Å². The van der Waals surface area contributed by atoms with Gasteiger partial charge in [0.25, 0.3) is 0 Å². The number of nitrogens with one attached hydrogen (secondary N) is 2. The second-order valence-corrected chi connectivity index (χ2v) is 5.63. The number of benzene rings is 1. The molecular weight excluding hydrogens is 443 g/mol. The van der Waals surface area contributed by atoms with Crippen LogP contribution in [0, 0.1) is 0 Å². The minimum Gasteiger partial charge on any atom is -0.352 e. The normalized spacial score (nSPS) is 11.1. The van der Waals surface area contributed by atoms with Crippen molar-refractivity contribution in [2.24, 2.45) is 12.0 Å². The molecule has 0 spiro atoms. The Labute approximate surface area is 169 Å². The largest absolute Gasteiger partial charge is 0.352 e. The third-order valence-electron chi connectivity index (χ3n) is 3.82. The summed E-state index contributed by atoms with van der Waals surface area (Å²) in [4.78, 5) is 12.5. The predicted octanol–water partition coefficient (Wildman–Crippen LogP) is 1.54. The Kier molecular flexibility index (Phi) is 7.57. The SMILES string of the molecule is CN=C(NCc1cccc(Cn2ccnc2)c1)NCc1ncnn1C.I. The van der Waals surface area contributed by atoms with Gasteiger partial charge in [-0.1, -0.05) is 24.3 Å². The lowest BCUT2D eigenvalue weighted by Crippen LogP contribution is -2.36. The predicted molar refractivity (Wildman–Crippen MR) is 111 cm³/mol. The van der Waals surface area contributed by atoms with Crippen LogP contribution in [-0.4, -0.2) is 37.3 Å². The van der Waals surface area contributed by atoms with Crippen molar-refractivity contribution in [3.05, 3.63) is 66.3 Å². The van der Waals surface area contributed by atoms with Crippen LogP contribution in [0.3, 0.4) is 0 Å². The molecule has 0 saturated heterocycles. The van der Waals surface area contributed by atoms with Crippen LogP contribution in [0.4, 0.5) is 0 Å². The molecule has 0 aliphatic rings. The second-order valence-electron chi connectivity index (χ2n) is 5.63. The molecule has 0 unspecified atom stereocenters. The van der Waals surface area contributed by atoms with Crippen LogP contribution in [0.15, 0.2) is 54.3 Å². The molecule has 2 N–H and O–H groups in total. The molecule has 3 aromatic rings. The summed E-state index contributed by atoms with van der Waals surface area (Å²) < 4.78 is 3.79. The molecule has 2 aromatic heterocycles. The molecule has 9 heteroatoms. The zero-order valence-corrected chi connectivity index (χ0v) is 17.2. The van der Waals surface area contributed by atoms with Gasteiger partial charge in [-0.25, -0.2) is 9.97 Å². The second kappa shape index (κ2) is 9.90. The first-order chi connectivity index (χ1) is 12.2. The molecule has 0 aliphatic heterocycles. The summed E-state index contributed by atoms with van der Waals surface area (Å²) in [5.41, 5.74) is 2.43. The molecule has 26 heavy (non-hydrogen) atoms. The van der Waals surface area contributed by atoms with Gasteiger partial charge in [0.1, 0.15) is 12.2 Å². The maximum absolute atomic E-state index is 4.24. The maximum atomic E-state index is 4.24. The third kappa shape index (κ3) is 5.55. The average molecular weight is 466 g/mol. The highest BCUT2D eigenvalue weighted by atomic mass is 127. The molecule has 0 bridgehead atoms. The van der Waals surface area contributed by atoms with E-state index in [9.17, 15) is 0 Å². The summed E-state index contributed by atoms with van der Waals surface area (Å²) >= 11 is 0. The average Bonchev–Trinajstić information content (AvgIpc) is 3.27. The number of hydrogen-bond donors (Lipinski definition) is 2. The van der Waals surface area contributed by atoms with Gasteiger partial charge >= 0.3 is 0 Å². The van der Waals surface area contributed by atoms with E-state index in [0.29, 0.717) is 13.1 Å². The molecule has 0 saturated carbocycles. The van der Waals surface area contributed by atoms with E-state index in [4.69, 9.17) is 0 Å². The van der Waals surface area contributed by atoms with E-state index >= 15 is 0 Å².